The first-order chi connectivity index (χ1) is 14.7. The molecule has 4 rings (SSSR count). The summed E-state index contributed by atoms with van der Waals surface area (Å²) in [6, 6.07) is 12.3. The number of pyridine rings is 1. The molecule has 1 fully saturated rings. The highest BCUT2D eigenvalue weighted by atomic mass is 32.2. The third-order valence-electron chi connectivity index (χ3n) is 5.78. The van der Waals surface area contributed by atoms with Gasteiger partial charge in [0.2, 0.25) is 5.91 Å². The van der Waals surface area contributed by atoms with Gasteiger partial charge >= 0.3 is 0 Å². The Morgan fingerprint density at radius 1 is 1.23 bits per heavy atom. The maximum atomic E-state index is 12.8. The van der Waals surface area contributed by atoms with Crippen LogP contribution in [0.4, 0.5) is 0 Å². The van der Waals surface area contributed by atoms with Crippen molar-refractivity contribution in [2.45, 2.75) is 43.4 Å². The van der Waals surface area contributed by atoms with Crippen molar-refractivity contribution in [1.29, 1.82) is 0 Å². The first kappa shape index (κ1) is 21.2. The van der Waals surface area contributed by atoms with Crippen LogP contribution in [0.5, 0.6) is 5.75 Å². The zero-order valence-corrected chi connectivity index (χ0v) is 18.0. The van der Waals surface area contributed by atoms with Crippen LogP contribution in [0.2, 0.25) is 0 Å². The van der Waals surface area contributed by atoms with Gasteiger partial charge in [0.25, 0.3) is 0 Å². The van der Waals surface area contributed by atoms with Crippen molar-refractivity contribution >= 4 is 17.7 Å². The lowest BCUT2D eigenvalue weighted by Crippen LogP contribution is -2.41. The number of aliphatic hydroxyl groups excluding tert-OH is 1. The molecular weight excluding hydrogens is 398 g/mol. The Bertz CT molecular complexity index is 849. The van der Waals surface area contributed by atoms with Crippen LogP contribution in [0.3, 0.4) is 0 Å². The van der Waals surface area contributed by atoms with Gasteiger partial charge in [-0.2, -0.15) is 0 Å². The summed E-state index contributed by atoms with van der Waals surface area (Å²) in [5.41, 5.74) is 2.26. The number of carbonyl (C=O) groups excluding carboxylic acids is 1. The lowest BCUT2D eigenvalue weighted by atomic mass is 10.0. The van der Waals surface area contributed by atoms with Gasteiger partial charge in [0.15, 0.2) is 0 Å². The number of piperidine rings is 1. The van der Waals surface area contributed by atoms with E-state index in [1.807, 2.05) is 29.2 Å². The van der Waals surface area contributed by atoms with E-state index in [0.29, 0.717) is 25.4 Å². The predicted octanol–water partition coefficient (Wildman–Crippen LogP) is 2.94. The summed E-state index contributed by atoms with van der Waals surface area (Å²) in [6.45, 7) is 3.71. The molecule has 0 spiro atoms. The van der Waals surface area contributed by atoms with Crippen LogP contribution in [0, 0.1) is 0 Å². The number of amides is 1. The standard InChI is InChI=1S/C23H29N3O3S/c27-16-20-5-2-4-10-25(20)14-18-7-8-21-19(13-18)15-26(11-12-29-21)23(28)17-30-22-6-1-3-9-24-22/h1,3,6-9,13,20,27H,2,4-5,10-12,14-17H2. The Balaban J connectivity index is 1.41. The van der Waals surface area contributed by atoms with Crippen molar-refractivity contribution in [3.8, 4) is 5.75 Å². The van der Waals surface area contributed by atoms with E-state index >= 15 is 0 Å². The fraction of sp³-hybridized carbons (Fsp3) is 0.478. The molecule has 1 atom stereocenters. The summed E-state index contributed by atoms with van der Waals surface area (Å²) in [4.78, 5) is 21.3. The van der Waals surface area contributed by atoms with Crippen molar-refractivity contribution in [3.05, 3.63) is 53.7 Å². The number of rotatable bonds is 6. The van der Waals surface area contributed by atoms with Crippen LogP contribution in [-0.2, 0) is 17.9 Å². The maximum Gasteiger partial charge on any atom is 0.233 e. The van der Waals surface area contributed by atoms with E-state index in [1.54, 1.807) is 6.20 Å². The van der Waals surface area contributed by atoms with E-state index < -0.39 is 0 Å². The first-order valence-electron chi connectivity index (χ1n) is 10.6. The Morgan fingerprint density at radius 3 is 3.00 bits per heavy atom. The molecule has 2 aromatic rings. The van der Waals surface area contributed by atoms with Crippen LogP contribution in [0.1, 0.15) is 30.4 Å². The van der Waals surface area contributed by atoms with Crippen molar-refractivity contribution in [2.75, 3.05) is 32.1 Å². The molecule has 6 nitrogen and oxygen atoms in total. The van der Waals surface area contributed by atoms with Crippen LogP contribution in [0.25, 0.3) is 0 Å². The Hall–Kier alpha value is -2.09. The molecule has 0 saturated carbocycles. The highest BCUT2D eigenvalue weighted by Gasteiger charge is 2.23. The van der Waals surface area contributed by atoms with Crippen molar-refractivity contribution < 1.29 is 14.6 Å². The molecule has 160 valence electrons. The molecule has 1 aromatic heterocycles. The monoisotopic (exact) mass is 427 g/mol. The van der Waals surface area contributed by atoms with Gasteiger partial charge in [-0.1, -0.05) is 30.3 Å². The number of nitrogens with zero attached hydrogens (tertiary/aromatic N) is 3. The third kappa shape index (κ3) is 5.33. The van der Waals surface area contributed by atoms with Gasteiger partial charge in [-0.15, -0.1) is 0 Å². The van der Waals surface area contributed by atoms with E-state index in [-0.39, 0.29) is 18.6 Å². The second-order valence-electron chi connectivity index (χ2n) is 7.87. The summed E-state index contributed by atoms with van der Waals surface area (Å²) < 4.78 is 5.91. The zero-order chi connectivity index (χ0) is 20.8. The minimum Gasteiger partial charge on any atom is -0.491 e. The lowest BCUT2D eigenvalue weighted by Gasteiger charge is -2.34. The number of likely N-dealkylation sites (tertiary alicyclic amines) is 1. The van der Waals surface area contributed by atoms with Crippen molar-refractivity contribution in [1.82, 2.24) is 14.8 Å². The minimum absolute atomic E-state index is 0.101. The molecule has 0 aliphatic carbocycles. The van der Waals surface area contributed by atoms with E-state index in [0.717, 1.165) is 35.8 Å². The van der Waals surface area contributed by atoms with Gasteiger partial charge in [0, 0.05) is 30.9 Å². The fourth-order valence-corrected chi connectivity index (χ4v) is 4.89. The summed E-state index contributed by atoms with van der Waals surface area (Å²) in [5.74, 6) is 1.34. The second kappa shape index (κ2) is 10.3. The molecule has 1 N–H and O–H groups in total. The average Bonchev–Trinajstić information content (AvgIpc) is 3.01. The predicted molar refractivity (Wildman–Crippen MR) is 117 cm³/mol. The first-order valence-corrected chi connectivity index (χ1v) is 11.6. The Kier molecular flexibility index (Phi) is 7.25. The largest absolute Gasteiger partial charge is 0.491 e. The molecule has 30 heavy (non-hydrogen) atoms. The fourth-order valence-electron chi connectivity index (χ4n) is 4.13. The number of ether oxygens (including phenoxy) is 1. The molecule has 0 radical (unpaired) electrons. The zero-order valence-electron chi connectivity index (χ0n) is 17.2. The summed E-state index contributed by atoms with van der Waals surface area (Å²) in [7, 11) is 0. The van der Waals surface area contributed by atoms with Crippen molar-refractivity contribution in [3.63, 3.8) is 0 Å². The molecule has 1 saturated heterocycles. The highest BCUT2D eigenvalue weighted by molar-refractivity contribution is 7.99. The number of aliphatic hydroxyl groups is 1. The number of hydrogen-bond donors (Lipinski definition) is 1. The summed E-state index contributed by atoms with van der Waals surface area (Å²) >= 11 is 1.47. The summed E-state index contributed by atoms with van der Waals surface area (Å²) in [6.07, 6.45) is 5.17. The quantitative estimate of drug-likeness (QED) is 0.715. The van der Waals surface area contributed by atoms with Crippen LogP contribution in [0.15, 0.2) is 47.6 Å². The second-order valence-corrected chi connectivity index (χ2v) is 8.86. The van der Waals surface area contributed by atoms with E-state index in [1.165, 1.54) is 30.2 Å². The minimum atomic E-state index is 0.101. The summed E-state index contributed by atoms with van der Waals surface area (Å²) in [5, 5.41) is 10.5. The van der Waals surface area contributed by atoms with Crippen LogP contribution >= 0.6 is 11.8 Å². The smallest absolute Gasteiger partial charge is 0.233 e. The topological polar surface area (TPSA) is 65.9 Å². The van der Waals surface area contributed by atoms with Gasteiger partial charge in [-0.3, -0.25) is 9.69 Å². The molecule has 2 aliphatic rings. The van der Waals surface area contributed by atoms with E-state index in [4.69, 9.17) is 4.74 Å². The average molecular weight is 428 g/mol. The number of hydrogen-bond acceptors (Lipinski definition) is 6. The highest BCUT2D eigenvalue weighted by Crippen LogP contribution is 2.27. The van der Waals surface area contributed by atoms with Gasteiger partial charge in [0.05, 0.1) is 23.9 Å². The number of fused-ring (bicyclic) bond motifs is 1. The van der Waals surface area contributed by atoms with Gasteiger partial charge in [-0.25, -0.2) is 4.98 Å². The normalized spacial score (nSPS) is 19.6. The van der Waals surface area contributed by atoms with Crippen LogP contribution < -0.4 is 4.74 Å². The molecule has 7 heteroatoms. The van der Waals surface area contributed by atoms with E-state index in [2.05, 4.69) is 22.0 Å². The molecule has 3 heterocycles. The Labute approximate surface area is 182 Å². The number of benzene rings is 1. The third-order valence-corrected chi connectivity index (χ3v) is 6.71. The molecule has 1 aromatic carbocycles. The van der Waals surface area contributed by atoms with E-state index in [9.17, 15) is 9.90 Å². The molecule has 1 unspecified atom stereocenters. The van der Waals surface area contributed by atoms with Gasteiger partial charge in [-0.05, 0) is 49.2 Å². The lowest BCUT2D eigenvalue weighted by molar-refractivity contribution is -0.129. The number of aromatic nitrogens is 1. The number of carbonyl (C=O) groups is 1. The van der Waals surface area contributed by atoms with Crippen molar-refractivity contribution in [2.24, 2.45) is 0 Å². The molecule has 1 amide bonds. The number of thioether (sulfide) groups is 1. The molecule has 0 bridgehead atoms. The Morgan fingerprint density at radius 2 is 2.17 bits per heavy atom. The maximum absolute atomic E-state index is 12.8. The SMILES string of the molecule is O=C(CSc1ccccn1)N1CCOc2ccc(CN3CCCCC3CO)cc2C1. The molecular formula is C23H29N3O3S. The van der Waals surface area contributed by atoms with Gasteiger partial charge < -0.3 is 14.7 Å². The molecule has 2 aliphatic heterocycles. The van der Waals surface area contributed by atoms with Gasteiger partial charge in [0.1, 0.15) is 12.4 Å². The van der Waals surface area contributed by atoms with Crippen LogP contribution in [-0.4, -0.2) is 63.9 Å².